The Bertz CT molecular complexity index is 343. The number of benzene rings is 1. The second kappa shape index (κ2) is 14.7. The van der Waals surface area contributed by atoms with E-state index in [0.717, 1.165) is 25.3 Å². The molecule has 0 saturated heterocycles. The molecular weight excluding hydrogens is 282 g/mol. The molecule has 0 aromatic heterocycles. The maximum absolute atomic E-state index is 13.1. The second-order valence-corrected chi connectivity index (χ2v) is 4.04. The number of rotatable bonds is 6. The van der Waals surface area contributed by atoms with E-state index in [4.69, 9.17) is 16.3 Å². The van der Waals surface area contributed by atoms with Crippen molar-refractivity contribution in [3.05, 3.63) is 34.4 Å². The largest absolute Gasteiger partial charge is 0.385 e. The first-order chi connectivity index (χ1) is 9.65. The van der Waals surface area contributed by atoms with Gasteiger partial charge in [0, 0.05) is 19.8 Å². The predicted molar refractivity (Wildman–Crippen MR) is 83.5 cm³/mol. The molecule has 0 radical (unpaired) electrons. The SMILES string of the molecule is CC.CC.COCCCCCc1cc(F)cc(F)c1Cl. The van der Waals surface area contributed by atoms with Crippen LogP contribution in [0.1, 0.15) is 52.5 Å². The molecule has 4 heteroatoms. The summed E-state index contributed by atoms with van der Waals surface area (Å²) in [5, 5.41) is 0.0353. The van der Waals surface area contributed by atoms with E-state index in [9.17, 15) is 8.78 Å². The lowest BCUT2D eigenvalue weighted by atomic mass is 10.1. The standard InChI is InChI=1S/C12H15ClF2O.2C2H6/c1-16-6-4-2-3-5-9-7-10(14)8-11(15)12(9)13;2*1-2/h7-8H,2-6H2,1H3;2*1-2H3. The average molecular weight is 309 g/mol. The summed E-state index contributed by atoms with van der Waals surface area (Å²) < 4.78 is 30.9. The third kappa shape index (κ3) is 9.27. The van der Waals surface area contributed by atoms with Crippen LogP contribution in [0.2, 0.25) is 5.02 Å². The molecule has 0 aliphatic heterocycles. The van der Waals surface area contributed by atoms with Crippen molar-refractivity contribution < 1.29 is 13.5 Å². The Labute approximate surface area is 127 Å². The maximum atomic E-state index is 13.1. The number of halogens is 3. The van der Waals surface area contributed by atoms with Gasteiger partial charge in [-0.25, -0.2) is 8.78 Å². The number of methoxy groups -OCH3 is 1. The van der Waals surface area contributed by atoms with Gasteiger partial charge in [0.1, 0.15) is 11.6 Å². The van der Waals surface area contributed by atoms with Crippen molar-refractivity contribution in [3.63, 3.8) is 0 Å². The van der Waals surface area contributed by atoms with Gasteiger partial charge >= 0.3 is 0 Å². The molecule has 118 valence electrons. The van der Waals surface area contributed by atoms with Crippen LogP contribution in [0, 0.1) is 11.6 Å². The van der Waals surface area contributed by atoms with Gasteiger partial charge < -0.3 is 4.74 Å². The highest BCUT2D eigenvalue weighted by atomic mass is 35.5. The minimum atomic E-state index is -0.687. The molecule has 20 heavy (non-hydrogen) atoms. The van der Waals surface area contributed by atoms with E-state index < -0.39 is 11.6 Å². The summed E-state index contributed by atoms with van der Waals surface area (Å²) in [5.41, 5.74) is 0.539. The van der Waals surface area contributed by atoms with Gasteiger partial charge in [-0.05, 0) is 30.9 Å². The molecular formula is C16H27ClF2O. The molecule has 0 saturated carbocycles. The van der Waals surface area contributed by atoms with Crippen LogP contribution in [0.15, 0.2) is 12.1 Å². The first-order valence-corrected chi connectivity index (χ1v) is 7.65. The smallest absolute Gasteiger partial charge is 0.144 e. The van der Waals surface area contributed by atoms with Gasteiger partial charge in [0.05, 0.1) is 5.02 Å². The number of unbranched alkanes of at least 4 members (excludes halogenated alkanes) is 2. The molecule has 0 aliphatic carbocycles. The zero-order valence-corrected chi connectivity index (χ0v) is 14.0. The van der Waals surface area contributed by atoms with Crippen LogP contribution < -0.4 is 0 Å². The minimum Gasteiger partial charge on any atom is -0.385 e. The van der Waals surface area contributed by atoms with Crippen molar-refractivity contribution in [2.75, 3.05) is 13.7 Å². The fraction of sp³-hybridized carbons (Fsp3) is 0.625. The second-order valence-electron chi connectivity index (χ2n) is 3.66. The summed E-state index contributed by atoms with van der Waals surface area (Å²) in [4.78, 5) is 0. The van der Waals surface area contributed by atoms with Crippen molar-refractivity contribution in [2.45, 2.75) is 53.4 Å². The summed E-state index contributed by atoms with van der Waals surface area (Å²) in [6.07, 6.45) is 3.36. The zero-order chi connectivity index (χ0) is 16.0. The van der Waals surface area contributed by atoms with Crippen molar-refractivity contribution in [3.8, 4) is 0 Å². The molecule has 0 N–H and O–H groups in total. The van der Waals surface area contributed by atoms with Gasteiger partial charge in [0.25, 0.3) is 0 Å². The van der Waals surface area contributed by atoms with Crippen LogP contribution in [-0.2, 0) is 11.2 Å². The van der Waals surface area contributed by atoms with E-state index in [1.807, 2.05) is 27.7 Å². The topological polar surface area (TPSA) is 9.23 Å². The van der Waals surface area contributed by atoms with Crippen molar-refractivity contribution in [2.24, 2.45) is 0 Å². The van der Waals surface area contributed by atoms with Gasteiger partial charge in [-0.15, -0.1) is 0 Å². The molecule has 1 aromatic rings. The molecule has 0 fully saturated rings. The van der Waals surface area contributed by atoms with Crippen LogP contribution in [-0.4, -0.2) is 13.7 Å². The number of ether oxygens (including phenoxy) is 1. The molecule has 0 bridgehead atoms. The lowest BCUT2D eigenvalue weighted by Crippen LogP contribution is -1.94. The molecule has 0 unspecified atom stereocenters. The summed E-state index contributed by atoms with van der Waals surface area (Å²) in [6, 6.07) is 2.10. The van der Waals surface area contributed by atoms with Crippen LogP contribution in [0.25, 0.3) is 0 Å². The molecule has 0 aliphatic rings. The minimum absolute atomic E-state index is 0.0353. The molecule has 0 spiro atoms. The number of hydrogen-bond donors (Lipinski definition) is 0. The molecule has 1 aromatic carbocycles. The highest BCUT2D eigenvalue weighted by Gasteiger charge is 2.08. The van der Waals surface area contributed by atoms with E-state index in [-0.39, 0.29) is 5.02 Å². The van der Waals surface area contributed by atoms with E-state index in [1.54, 1.807) is 7.11 Å². The third-order valence-electron chi connectivity index (χ3n) is 2.36. The van der Waals surface area contributed by atoms with Crippen LogP contribution in [0.4, 0.5) is 8.78 Å². The Morgan fingerprint density at radius 2 is 1.60 bits per heavy atom. The van der Waals surface area contributed by atoms with E-state index in [0.29, 0.717) is 18.6 Å². The highest BCUT2D eigenvalue weighted by molar-refractivity contribution is 6.31. The molecule has 0 heterocycles. The van der Waals surface area contributed by atoms with Gasteiger partial charge in [-0.3, -0.25) is 0 Å². The maximum Gasteiger partial charge on any atom is 0.144 e. The lowest BCUT2D eigenvalue weighted by Gasteiger charge is -2.05. The third-order valence-corrected chi connectivity index (χ3v) is 2.79. The Morgan fingerprint density at radius 1 is 1.00 bits per heavy atom. The van der Waals surface area contributed by atoms with E-state index >= 15 is 0 Å². The Morgan fingerprint density at radius 3 is 2.15 bits per heavy atom. The molecule has 0 atom stereocenters. The Balaban J connectivity index is 0. The summed E-state index contributed by atoms with van der Waals surface area (Å²) in [7, 11) is 1.65. The molecule has 1 rings (SSSR count). The van der Waals surface area contributed by atoms with Gasteiger partial charge in [-0.2, -0.15) is 0 Å². The Kier molecular flexibility index (Phi) is 15.9. The van der Waals surface area contributed by atoms with Gasteiger partial charge in [-0.1, -0.05) is 45.7 Å². The molecule has 0 amide bonds. The average Bonchev–Trinajstić information content (AvgIpc) is 2.48. The van der Waals surface area contributed by atoms with Crippen LogP contribution in [0.3, 0.4) is 0 Å². The lowest BCUT2D eigenvalue weighted by molar-refractivity contribution is 0.192. The van der Waals surface area contributed by atoms with Crippen molar-refractivity contribution >= 4 is 11.6 Å². The first kappa shape index (κ1) is 21.6. The van der Waals surface area contributed by atoms with E-state index in [2.05, 4.69) is 0 Å². The van der Waals surface area contributed by atoms with Gasteiger partial charge in [0.2, 0.25) is 0 Å². The Hall–Kier alpha value is -0.670. The normalized spacial score (nSPS) is 9.20. The van der Waals surface area contributed by atoms with Crippen molar-refractivity contribution in [1.29, 1.82) is 0 Å². The zero-order valence-electron chi connectivity index (χ0n) is 13.2. The van der Waals surface area contributed by atoms with E-state index in [1.165, 1.54) is 6.07 Å². The van der Waals surface area contributed by atoms with Crippen LogP contribution in [0.5, 0.6) is 0 Å². The molecule has 1 nitrogen and oxygen atoms in total. The monoisotopic (exact) mass is 308 g/mol. The predicted octanol–water partition coefficient (Wildman–Crippen LogP) is 6.03. The quantitative estimate of drug-likeness (QED) is 0.460. The summed E-state index contributed by atoms with van der Waals surface area (Å²) in [5.74, 6) is -1.26. The summed E-state index contributed by atoms with van der Waals surface area (Å²) in [6.45, 7) is 8.71. The highest BCUT2D eigenvalue weighted by Crippen LogP contribution is 2.23. The number of hydrogen-bond acceptors (Lipinski definition) is 1. The number of aryl methyl sites for hydroxylation is 1. The van der Waals surface area contributed by atoms with Crippen LogP contribution >= 0.6 is 11.6 Å². The van der Waals surface area contributed by atoms with Gasteiger partial charge in [0.15, 0.2) is 0 Å². The summed E-state index contributed by atoms with van der Waals surface area (Å²) >= 11 is 5.74. The fourth-order valence-corrected chi connectivity index (χ4v) is 1.73. The fourth-order valence-electron chi connectivity index (χ4n) is 1.53. The van der Waals surface area contributed by atoms with Crippen molar-refractivity contribution in [1.82, 2.24) is 0 Å². The first-order valence-electron chi connectivity index (χ1n) is 7.27.